The summed E-state index contributed by atoms with van der Waals surface area (Å²) in [5.41, 5.74) is 6.61. The average molecular weight is 271 g/mol. The molecule has 6 nitrogen and oxygen atoms in total. The second-order valence-electron chi connectivity index (χ2n) is 5.09. The SMILES string of the molecule is NC(=O)c1cccc(Nc2cc(C3CCCC3)[nH]n2)n1. The van der Waals surface area contributed by atoms with Gasteiger partial charge in [0.15, 0.2) is 5.82 Å². The van der Waals surface area contributed by atoms with E-state index in [-0.39, 0.29) is 5.69 Å². The van der Waals surface area contributed by atoms with E-state index in [1.54, 1.807) is 18.2 Å². The summed E-state index contributed by atoms with van der Waals surface area (Å²) in [6.45, 7) is 0. The van der Waals surface area contributed by atoms with Crippen molar-refractivity contribution in [3.05, 3.63) is 35.7 Å². The molecule has 104 valence electrons. The number of primary amides is 1. The summed E-state index contributed by atoms with van der Waals surface area (Å²) < 4.78 is 0. The normalized spacial score (nSPS) is 15.4. The number of carbonyl (C=O) groups is 1. The van der Waals surface area contributed by atoms with E-state index in [9.17, 15) is 4.79 Å². The van der Waals surface area contributed by atoms with Crippen LogP contribution in [-0.4, -0.2) is 21.1 Å². The maximum atomic E-state index is 11.1. The minimum Gasteiger partial charge on any atom is -0.364 e. The fourth-order valence-electron chi connectivity index (χ4n) is 2.62. The predicted octanol–water partition coefficient (Wildman–Crippen LogP) is 2.30. The van der Waals surface area contributed by atoms with Crippen LogP contribution in [0.25, 0.3) is 0 Å². The van der Waals surface area contributed by atoms with Gasteiger partial charge >= 0.3 is 0 Å². The number of anilines is 2. The van der Waals surface area contributed by atoms with Crippen LogP contribution >= 0.6 is 0 Å². The van der Waals surface area contributed by atoms with E-state index in [1.807, 2.05) is 6.07 Å². The van der Waals surface area contributed by atoms with Crippen molar-refractivity contribution in [1.82, 2.24) is 15.2 Å². The zero-order valence-electron chi connectivity index (χ0n) is 11.1. The second-order valence-corrected chi connectivity index (χ2v) is 5.09. The molecule has 2 heterocycles. The third-order valence-electron chi connectivity index (χ3n) is 3.65. The fraction of sp³-hybridized carbons (Fsp3) is 0.357. The van der Waals surface area contributed by atoms with Crippen molar-refractivity contribution < 1.29 is 4.79 Å². The van der Waals surface area contributed by atoms with Gasteiger partial charge < -0.3 is 11.1 Å². The third-order valence-corrected chi connectivity index (χ3v) is 3.65. The highest BCUT2D eigenvalue weighted by Gasteiger charge is 2.19. The zero-order chi connectivity index (χ0) is 13.9. The number of hydrogen-bond acceptors (Lipinski definition) is 4. The summed E-state index contributed by atoms with van der Waals surface area (Å²) >= 11 is 0. The maximum absolute atomic E-state index is 11.1. The molecule has 1 aliphatic rings. The van der Waals surface area contributed by atoms with Crippen molar-refractivity contribution in [3.8, 4) is 0 Å². The van der Waals surface area contributed by atoms with Crippen LogP contribution in [-0.2, 0) is 0 Å². The average Bonchev–Trinajstić information content (AvgIpc) is 3.09. The molecule has 1 amide bonds. The van der Waals surface area contributed by atoms with Gasteiger partial charge in [0.25, 0.3) is 5.91 Å². The van der Waals surface area contributed by atoms with Gasteiger partial charge in [0, 0.05) is 17.7 Å². The Bertz CT molecular complexity index is 616. The quantitative estimate of drug-likeness (QED) is 0.794. The van der Waals surface area contributed by atoms with Gasteiger partial charge in [0.05, 0.1) is 0 Å². The maximum Gasteiger partial charge on any atom is 0.267 e. The van der Waals surface area contributed by atoms with Crippen LogP contribution in [0, 0.1) is 0 Å². The van der Waals surface area contributed by atoms with Crippen molar-refractivity contribution in [2.24, 2.45) is 5.73 Å². The van der Waals surface area contributed by atoms with Crippen LogP contribution in [0.4, 0.5) is 11.6 Å². The molecule has 6 heteroatoms. The van der Waals surface area contributed by atoms with Crippen LogP contribution in [0.15, 0.2) is 24.3 Å². The molecule has 20 heavy (non-hydrogen) atoms. The van der Waals surface area contributed by atoms with Crippen LogP contribution in [0.5, 0.6) is 0 Å². The van der Waals surface area contributed by atoms with Crippen LogP contribution in [0.2, 0.25) is 0 Å². The molecule has 1 aliphatic carbocycles. The molecule has 0 unspecified atom stereocenters. The monoisotopic (exact) mass is 271 g/mol. The van der Waals surface area contributed by atoms with E-state index in [4.69, 9.17) is 5.73 Å². The molecule has 0 saturated heterocycles. The number of pyridine rings is 1. The minimum atomic E-state index is -0.540. The first kappa shape index (κ1) is 12.7. The number of carbonyl (C=O) groups excluding carboxylic acids is 1. The molecule has 2 aromatic heterocycles. The summed E-state index contributed by atoms with van der Waals surface area (Å²) in [4.78, 5) is 15.2. The van der Waals surface area contributed by atoms with Crippen LogP contribution in [0.1, 0.15) is 47.8 Å². The fourth-order valence-corrected chi connectivity index (χ4v) is 2.62. The number of nitrogens with two attached hydrogens (primary N) is 1. The summed E-state index contributed by atoms with van der Waals surface area (Å²) in [6.07, 6.45) is 5.01. The topological polar surface area (TPSA) is 96.7 Å². The molecule has 3 rings (SSSR count). The predicted molar refractivity (Wildman–Crippen MR) is 75.8 cm³/mol. The van der Waals surface area contributed by atoms with Gasteiger partial charge in [-0.15, -0.1) is 0 Å². The Morgan fingerprint density at radius 2 is 2.10 bits per heavy atom. The number of amides is 1. The number of nitrogens with zero attached hydrogens (tertiary/aromatic N) is 2. The summed E-state index contributed by atoms with van der Waals surface area (Å²) in [6, 6.07) is 7.10. The van der Waals surface area contributed by atoms with Crippen molar-refractivity contribution >= 4 is 17.5 Å². The standard InChI is InChI=1S/C14H17N5O/c15-14(20)10-6-3-7-12(16-10)17-13-8-11(18-19-13)9-4-1-2-5-9/h3,6-9H,1-2,4-5H2,(H2,15,20)(H2,16,17,18,19). The molecule has 0 aromatic carbocycles. The van der Waals surface area contributed by atoms with Crippen molar-refractivity contribution in [2.45, 2.75) is 31.6 Å². The van der Waals surface area contributed by atoms with Gasteiger partial charge in [0.1, 0.15) is 11.5 Å². The summed E-state index contributed by atoms with van der Waals surface area (Å²) in [5, 5.41) is 10.4. The van der Waals surface area contributed by atoms with Crippen LogP contribution in [0.3, 0.4) is 0 Å². The smallest absolute Gasteiger partial charge is 0.267 e. The van der Waals surface area contributed by atoms with E-state index in [0.717, 1.165) is 5.69 Å². The lowest BCUT2D eigenvalue weighted by atomic mass is 10.0. The van der Waals surface area contributed by atoms with Gasteiger partial charge in [-0.05, 0) is 25.0 Å². The lowest BCUT2D eigenvalue weighted by Crippen LogP contribution is -2.13. The summed E-state index contributed by atoms with van der Waals surface area (Å²) in [5.74, 6) is 1.32. The molecular formula is C14H17N5O. The molecular weight excluding hydrogens is 254 g/mol. The van der Waals surface area contributed by atoms with E-state index < -0.39 is 5.91 Å². The number of nitrogens with one attached hydrogen (secondary N) is 2. The minimum absolute atomic E-state index is 0.238. The van der Waals surface area contributed by atoms with Gasteiger partial charge in [-0.25, -0.2) is 4.98 Å². The first-order valence-electron chi connectivity index (χ1n) is 6.81. The molecule has 0 radical (unpaired) electrons. The van der Waals surface area contributed by atoms with E-state index >= 15 is 0 Å². The number of rotatable bonds is 4. The van der Waals surface area contributed by atoms with Crippen molar-refractivity contribution in [2.75, 3.05) is 5.32 Å². The Morgan fingerprint density at radius 3 is 2.85 bits per heavy atom. The first-order valence-corrected chi connectivity index (χ1v) is 6.81. The molecule has 0 spiro atoms. The highest BCUT2D eigenvalue weighted by atomic mass is 16.1. The molecule has 4 N–H and O–H groups in total. The molecule has 1 fully saturated rings. The third kappa shape index (κ3) is 2.64. The van der Waals surface area contributed by atoms with E-state index in [1.165, 1.54) is 25.7 Å². The number of hydrogen-bond donors (Lipinski definition) is 3. The molecule has 2 aromatic rings. The van der Waals surface area contributed by atoms with Gasteiger partial charge in [0.2, 0.25) is 0 Å². The Morgan fingerprint density at radius 1 is 1.30 bits per heavy atom. The second kappa shape index (κ2) is 5.32. The Hall–Kier alpha value is -2.37. The Labute approximate surface area is 116 Å². The first-order chi connectivity index (χ1) is 9.72. The van der Waals surface area contributed by atoms with E-state index in [0.29, 0.717) is 17.6 Å². The van der Waals surface area contributed by atoms with Gasteiger partial charge in [-0.1, -0.05) is 18.9 Å². The molecule has 1 saturated carbocycles. The molecule has 0 atom stereocenters. The lowest BCUT2D eigenvalue weighted by molar-refractivity contribution is 0.0995. The zero-order valence-corrected chi connectivity index (χ0v) is 11.1. The van der Waals surface area contributed by atoms with Crippen LogP contribution < -0.4 is 11.1 Å². The summed E-state index contributed by atoms with van der Waals surface area (Å²) in [7, 11) is 0. The Kier molecular flexibility index (Phi) is 3.37. The van der Waals surface area contributed by atoms with Crippen molar-refractivity contribution in [1.29, 1.82) is 0 Å². The highest BCUT2D eigenvalue weighted by molar-refractivity contribution is 5.91. The Balaban J connectivity index is 1.74. The number of aromatic nitrogens is 3. The largest absolute Gasteiger partial charge is 0.364 e. The van der Waals surface area contributed by atoms with Gasteiger partial charge in [-0.3, -0.25) is 9.89 Å². The van der Waals surface area contributed by atoms with E-state index in [2.05, 4.69) is 20.5 Å². The van der Waals surface area contributed by atoms with Crippen molar-refractivity contribution in [3.63, 3.8) is 0 Å². The number of H-pyrrole nitrogens is 1. The number of aromatic amines is 1. The highest BCUT2D eigenvalue weighted by Crippen LogP contribution is 2.33. The molecule has 0 aliphatic heterocycles. The molecule has 0 bridgehead atoms. The van der Waals surface area contributed by atoms with Gasteiger partial charge in [-0.2, -0.15) is 5.10 Å². The lowest BCUT2D eigenvalue weighted by Gasteiger charge is -2.04.